The van der Waals surface area contributed by atoms with Crippen molar-refractivity contribution in [3.63, 3.8) is 0 Å². The van der Waals surface area contributed by atoms with Crippen LogP contribution >= 0.6 is 23.2 Å². The summed E-state index contributed by atoms with van der Waals surface area (Å²) in [4.78, 5) is 17.1. The third-order valence-corrected chi connectivity index (χ3v) is 5.22. The summed E-state index contributed by atoms with van der Waals surface area (Å²) >= 11 is 11.8. The molecule has 5 nitrogen and oxygen atoms in total. The molecule has 0 aliphatic carbocycles. The quantitative estimate of drug-likeness (QED) is 0.613. The van der Waals surface area contributed by atoms with Crippen LogP contribution < -0.4 is 0 Å². The average molecular weight is 407 g/mol. The van der Waals surface area contributed by atoms with Crippen molar-refractivity contribution >= 4 is 40.4 Å². The minimum Gasteiger partial charge on any atom is -0.478 e. The maximum absolute atomic E-state index is 13.7. The van der Waals surface area contributed by atoms with Gasteiger partial charge in [-0.3, -0.25) is 0 Å². The number of aromatic carboxylic acids is 1. The van der Waals surface area contributed by atoms with Gasteiger partial charge in [0.1, 0.15) is 5.71 Å². The van der Waals surface area contributed by atoms with Crippen molar-refractivity contribution in [2.24, 2.45) is 5.16 Å². The zero-order chi connectivity index (χ0) is 19.3. The van der Waals surface area contributed by atoms with Crippen molar-refractivity contribution in [2.45, 2.75) is 18.9 Å². The molecule has 1 aliphatic heterocycles. The molecule has 0 amide bonds. The largest absolute Gasteiger partial charge is 0.478 e. The number of hydrogen-bond acceptors (Lipinski definition) is 3. The van der Waals surface area contributed by atoms with E-state index in [-0.39, 0.29) is 15.6 Å². The predicted octanol–water partition coefficient (Wildman–Crippen LogP) is 5.12. The Labute approximate surface area is 163 Å². The molecule has 0 saturated heterocycles. The van der Waals surface area contributed by atoms with Crippen LogP contribution in [-0.4, -0.2) is 21.2 Å². The third kappa shape index (κ3) is 2.85. The standard InChI is InChI=1S/C19H13Cl2FN2O3/c1-19(10-7-12(20)17(22)13(21)8-10)9-14(23-27-19)16-5-4-11(18(25)26)15-3-2-6-24(15)16/h2-8H,9H2,1H3,(H,25,26). The normalized spacial score (nSPS) is 19.2. The van der Waals surface area contributed by atoms with Crippen molar-refractivity contribution < 1.29 is 19.1 Å². The highest BCUT2D eigenvalue weighted by Crippen LogP contribution is 2.39. The molecule has 1 N–H and O–H groups in total. The minimum atomic E-state index is -1.00. The average Bonchev–Trinajstić information content (AvgIpc) is 3.26. The summed E-state index contributed by atoms with van der Waals surface area (Å²) in [6.45, 7) is 1.81. The van der Waals surface area contributed by atoms with Crippen LogP contribution in [0.3, 0.4) is 0 Å². The maximum atomic E-state index is 13.7. The highest BCUT2D eigenvalue weighted by atomic mass is 35.5. The second kappa shape index (κ2) is 6.25. The van der Waals surface area contributed by atoms with Crippen LogP contribution in [0, 0.1) is 5.82 Å². The lowest BCUT2D eigenvalue weighted by Gasteiger charge is -2.22. The van der Waals surface area contributed by atoms with Gasteiger partial charge in [0.05, 0.1) is 26.8 Å². The Hall–Kier alpha value is -2.57. The van der Waals surface area contributed by atoms with Gasteiger partial charge in [0.2, 0.25) is 0 Å². The smallest absolute Gasteiger partial charge is 0.337 e. The van der Waals surface area contributed by atoms with Crippen molar-refractivity contribution in [1.29, 1.82) is 0 Å². The van der Waals surface area contributed by atoms with Crippen LogP contribution in [0.25, 0.3) is 5.52 Å². The molecular weight excluding hydrogens is 394 g/mol. The Bertz CT molecular complexity index is 1100. The molecule has 3 aromatic rings. The van der Waals surface area contributed by atoms with E-state index in [2.05, 4.69) is 5.16 Å². The Kier molecular flexibility index (Phi) is 4.13. The van der Waals surface area contributed by atoms with E-state index in [1.807, 2.05) is 6.92 Å². The first-order valence-corrected chi connectivity index (χ1v) is 8.79. The molecule has 0 spiro atoms. The van der Waals surface area contributed by atoms with Crippen molar-refractivity contribution in [2.75, 3.05) is 0 Å². The molecule has 1 atom stereocenters. The van der Waals surface area contributed by atoms with Crippen LogP contribution in [-0.2, 0) is 10.4 Å². The number of carboxylic acid groups (broad SMARTS) is 1. The summed E-state index contributed by atoms with van der Waals surface area (Å²) in [5, 5.41) is 13.4. The summed E-state index contributed by atoms with van der Waals surface area (Å²) in [5.74, 6) is -1.68. The molecule has 0 radical (unpaired) electrons. The van der Waals surface area contributed by atoms with Gasteiger partial charge >= 0.3 is 5.97 Å². The van der Waals surface area contributed by atoms with Gasteiger partial charge in [-0.2, -0.15) is 0 Å². The number of pyridine rings is 1. The van der Waals surface area contributed by atoms with E-state index >= 15 is 0 Å². The van der Waals surface area contributed by atoms with Gasteiger partial charge in [-0.05, 0) is 43.3 Å². The lowest BCUT2D eigenvalue weighted by Crippen LogP contribution is -2.23. The number of carbonyl (C=O) groups is 1. The molecule has 4 rings (SSSR count). The van der Waals surface area contributed by atoms with E-state index in [0.29, 0.717) is 28.9 Å². The molecule has 3 heterocycles. The number of hydrogen-bond donors (Lipinski definition) is 1. The van der Waals surface area contributed by atoms with E-state index in [9.17, 15) is 14.3 Å². The first-order valence-electron chi connectivity index (χ1n) is 8.04. The van der Waals surface area contributed by atoms with Crippen LogP contribution in [0.15, 0.2) is 47.8 Å². The Morgan fingerprint density at radius 1 is 1.30 bits per heavy atom. The number of aromatic nitrogens is 1. The van der Waals surface area contributed by atoms with E-state index in [4.69, 9.17) is 28.0 Å². The molecule has 0 fully saturated rings. The topological polar surface area (TPSA) is 63.3 Å². The predicted molar refractivity (Wildman–Crippen MR) is 100 cm³/mol. The molecule has 2 aromatic heterocycles. The molecular formula is C19H13Cl2FN2O3. The molecule has 0 bridgehead atoms. The third-order valence-electron chi connectivity index (χ3n) is 4.67. The number of rotatable bonds is 3. The van der Waals surface area contributed by atoms with Crippen molar-refractivity contribution in [3.05, 3.63) is 75.3 Å². The van der Waals surface area contributed by atoms with Gasteiger partial charge in [-0.15, -0.1) is 0 Å². The molecule has 27 heavy (non-hydrogen) atoms. The molecule has 1 aliphatic rings. The molecule has 1 unspecified atom stereocenters. The second-order valence-corrected chi connectivity index (χ2v) is 7.31. The SMILES string of the molecule is CC1(c2cc(Cl)c(F)c(Cl)c2)CC(c2ccc(C(=O)O)c3cccn23)=NO1. The number of nitrogens with zero attached hydrogens (tertiary/aromatic N) is 2. The number of fused-ring (bicyclic) bond motifs is 1. The number of halogens is 3. The van der Waals surface area contributed by atoms with E-state index in [1.54, 1.807) is 28.8 Å². The molecule has 0 saturated carbocycles. The number of oxime groups is 1. The monoisotopic (exact) mass is 406 g/mol. The number of benzene rings is 1. The first-order chi connectivity index (χ1) is 12.8. The zero-order valence-electron chi connectivity index (χ0n) is 14.0. The maximum Gasteiger partial charge on any atom is 0.337 e. The van der Waals surface area contributed by atoms with E-state index in [1.165, 1.54) is 18.2 Å². The van der Waals surface area contributed by atoms with Gasteiger partial charge in [-0.25, -0.2) is 9.18 Å². The lowest BCUT2D eigenvalue weighted by atomic mass is 9.90. The van der Waals surface area contributed by atoms with Gasteiger partial charge in [0.15, 0.2) is 11.4 Å². The van der Waals surface area contributed by atoms with Crippen LogP contribution in [0.1, 0.15) is 35.0 Å². The van der Waals surface area contributed by atoms with Gasteiger partial charge in [0.25, 0.3) is 0 Å². The fourth-order valence-electron chi connectivity index (χ4n) is 3.25. The van der Waals surface area contributed by atoms with E-state index in [0.717, 1.165) is 0 Å². The first kappa shape index (κ1) is 17.8. The Balaban J connectivity index is 1.73. The zero-order valence-corrected chi connectivity index (χ0v) is 15.6. The summed E-state index contributed by atoms with van der Waals surface area (Å²) in [5.41, 5.74) is 1.83. The Morgan fingerprint density at radius 2 is 2.00 bits per heavy atom. The van der Waals surface area contributed by atoms with Gasteiger partial charge in [0, 0.05) is 18.2 Å². The summed E-state index contributed by atoms with van der Waals surface area (Å²) < 4.78 is 15.5. The fraction of sp³-hybridized carbons (Fsp3) is 0.158. The second-order valence-electron chi connectivity index (χ2n) is 6.49. The highest BCUT2D eigenvalue weighted by molar-refractivity contribution is 6.35. The van der Waals surface area contributed by atoms with Crippen LogP contribution in [0.4, 0.5) is 4.39 Å². The van der Waals surface area contributed by atoms with Crippen LogP contribution in [0.5, 0.6) is 0 Å². The highest BCUT2D eigenvalue weighted by Gasteiger charge is 2.38. The lowest BCUT2D eigenvalue weighted by molar-refractivity contribution is -0.00742. The van der Waals surface area contributed by atoms with Crippen LogP contribution in [0.2, 0.25) is 10.0 Å². The summed E-state index contributed by atoms with van der Waals surface area (Å²) in [6, 6.07) is 9.66. The fourth-order valence-corrected chi connectivity index (χ4v) is 3.73. The van der Waals surface area contributed by atoms with Gasteiger partial charge < -0.3 is 14.3 Å². The summed E-state index contributed by atoms with van der Waals surface area (Å²) in [7, 11) is 0. The molecule has 138 valence electrons. The van der Waals surface area contributed by atoms with Crippen molar-refractivity contribution in [3.8, 4) is 0 Å². The Morgan fingerprint density at radius 3 is 2.67 bits per heavy atom. The molecule has 8 heteroatoms. The molecule has 1 aromatic carbocycles. The summed E-state index contributed by atoms with van der Waals surface area (Å²) in [6.07, 6.45) is 2.14. The number of carboxylic acids is 1. The van der Waals surface area contributed by atoms with Gasteiger partial charge in [-0.1, -0.05) is 28.4 Å². The minimum absolute atomic E-state index is 0.0885. The van der Waals surface area contributed by atoms with E-state index < -0.39 is 17.4 Å². The van der Waals surface area contributed by atoms with Crippen molar-refractivity contribution in [1.82, 2.24) is 4.40 Å².